The molecular weight excluding hydrogens is 238 g/mol. The number of nitrogens with one attached hydrogen (secondary N) is 1. The Balaban J connectivity index is 4.22. The van der Waals surface area contributed by atoms with E-state index in [4.69, 9.17) is 16.6 Å². The Kier molecular flexibility index (Phi) is 7.69. The van der Waals surface area contributed by atoms with Gasteiger partial charge in [-0.15, -0.1) is 0 Å². The fraction of sp³-hybridized carbons (Fsp3) is 0.727. The molecule has 0 bridgehead atoms. The first kappa shape index (κ1) is 16.4. The number of carboxylic acid groups (broad SMARTS) is 1. The minimum atomic E-state index is -1.08. The maximum atomic E-state index is 11.6. The van der Waals surface area contributed by atoms with Crippen molar-refractivity contribution in [3.63, 3.8) is 0 Å². The Labute approximate surface area is 106 Å². The van der Waals surface area contributed by atoms with Gasteiger partial charge in [0.1, 0.15) is 6.04 Å². The standard InChI is InChI=1S/C11H21N3O4/c1-2-3-4-8(11(17)18)14-10(16)7(12)5-6-9(13)15/h7-8H,2-6,12H2,1H3,(H2,13,15)(H,14,16)(H,17,18)/t7-,8-/m0/s1. The van der Waals surface area contributed by atoms with Crippen molar-refractivity contribution in [2.45, 2.75) is 51.1 Å². The summed E-state index contributed by atoms with van der Waals surface area (Å²) in [6.45, 7) is 1.93. The van der Waals surface area contributed by atoms with Crippen LogP contribution in [0.1, 0.15) is 39.0 Å². The second-order valence-corrected chi connectivity index (χ2v) is 4.15. The van der Waals surface area contributed by atoms with Gasteiger partial charge in [-0.3, -0.25) is 9.59 Å². The van der Waals surface area contributed by atoms with E-state index in [0.29, 0.717) is 12.8 Å². The van der Waals surface area contributed by atoms with Crippen molar-refractivity contribution in [2.75, 3.05) is 0 Å². The molecule has 0 aromatic rings. The highest BCUT2D eigenvalue weighted by atomic mass is 16.4. The molecule has 2 atom stereocenters. The summed E-state index contributed by atoms with van der Waals surface area (Å²) < 4.78 is 0. The number of amides is 2. The quantitative estimate of drug-likeness (QED) is 0.436. The van der Waals surface area contributed by atoms with Gasteiger partial charge in [-0.05, 0) is 12.8 Å². The number of nitrogens with two attached hydrogens (primary N) is 2. The van der Waals surface area contributed by atoms with Crippen LogP contribution < -0.4 is 16.8 Å². The largest absolute Gasteiger partial charge is 0.480 e. The Morgan fingerprint density at radius 2 is 1.89 bits per heavy atom. The third-order valence-electron chi connectivity index (χ3n) is 2.50. The van der Waals surface area contributed by atoms with E-state index >= 15 is 0 Å². The topological polar surface area (TPSA) is 136 Å². The predicted molar refractivity (Wildman–Crippen MR) is 65.5 cm³/mol. The van der Waals surface area contributed by atoms with Crippen LogP contribution in [0.2, 0.25) is 0 Å². The molecule has 0 saturated heterocycles. The van der Waals surface area contributed by atoms with E-state index in [1.165, 1.54) is 0 Å². The van der Waals surface area contributed by atoms with Crippen molar-refractivity contribution in [3.8, 4) is 0 Å². The van der Waals surface area contributed by atoms with Gasteiger partial charge in [0.25, 0.3) is 0 Å². The maximum absolute atomic E-state index is 11.6. The van der Waals surface area contributed by atoms with Gasteiger partial charge in [-0.2, -0.15) is 0 Å². The van der Waals surface area contributed by atoms with Crippen molar-refractivity contribution in [2.24, 2.45) is 11.5 Å². The van der Waals surface area contributed by atoms with Crippen LogP contribution in [0.4, 0.5) is 0 Å². The number of carbonyl (C=O) groups excluding carboxylic acids is 2. The fourth-order valence-electron chi connectivity index (χ4n) is 1.37. The van der Waals surface area contributed by atoms with Crippen molar-refractivity contribution < 1.29 is 19.5 Å². The van der Waals surface area contributed by atoms with Crippen LogP contribution in [0.3, 0.4) is 0 Å². The van der Waals surface area contributed by atoms with Gasteiger partial charge in [0.05, 0.1) is 6.04 Å². The zero-order valence-corrected chi connectivity index (χ0v) is 10.5. The van der Waals surface area contributed by atoms with E-state index < -0.39 is 29.9 Å². The molecule has 0 spiro atoms. The van der Waals surface area contributed by atoms with Gasteiger partial charge < -0.3 is 21.9 Å². The highest BCUT2D eigenvalue weighted by Crippen LogP contribution is 2.02. The summed E-state index contributed by atoms with van der Waals surface area (Å²) in [5.41, 5.74) is 10.5. The minimum Gasteiger partial charge on any atom is -0.480 e. The first-order valence-electron chi connectivity index (χ1n) is 5.95. The van der Waals surface area contributed by atoms with E-state index in [-0.39, 0.29) is 12.8 Å². The SMILES string of the molecule is CCCC[C@H](NC(=O)[C@@H](N)CCC(N)=O)C(=O)O. The highest BCUT2D eigenvalue weighted by Gasteiger charge is 2.22. The molecule has 18 heavy (non-hydrogen) atoms. The maximum Gasteiger partial charge on any atom is 0.326 e. The molecular formula is C11H21N3O4. The number of carboxylic acids is 1. The van der Waals surface area contributed by atoms with Gasteiger partial charge in [0.2, 0.25) is 11.8 Å². The molecule has 0 heterocycles. The van der Waals surface area contributed by atoms with Crippen LogP contribution in [-0.2, 0) is 14.4 Å². The smallest absolute Gasteiger partial charge is 0.326 e. The first-order chi connectivity index (χ1) is 8.38. The molecule has 0 aromatic heterocycles. The number of unbranched alkanes of at least 4 members (excludes halogenated alkanes) is 1. The lowest BCUT2D eigenvalue weighted by Gasteiger charge is -2.17. The van der Waals surface area contributed by atoms with Crippen LogP contribution in [0.15, 0.2) is 0 Å². The summed E-state index contributed by atoms with van der Waals surface area (Å²) in [5.74, 6) is -2.20. The normalized spacial score (nSPS) is 13.7. The van der Waals surface area contributed by atoms with E-state index in [9.17, 15) is 14.4 Å². The summed E-state index contributed by atoms with van der Waals surface area (Å²) in [7, 11) is 0. The molecule has 0 fully saturated rings. The van der Waals surface area contributed by atoms with Crippen LogP contribution in [0.25, 0.3) is 0 Å². The summed E-state index contributed by atoms with van der Waals surface area (Å²) in [6.07, 6.45) is 2.02. The Morgan fingerprint density at radius 3 is 2.33 bits per heavy atom. The van der Waals surface area contributed by atoms with Crippen molar-refractivity contribution >= 4 is 17.8 Å². The molecule has 0 aliphatic rings. The van der Waals surface area contributed by atoms with Gasteiger partial charge in [0, 0.05) is 6.42 Å². The Hall–Kier alpha value is -1.63. The average Bonchev–Trinajstić information content (AvgIpc) is 2.30. The van der Waals surface area contributed by atoms with Crippen LogP contribution >= 0.6 is 0 Å². The third-order valence-corrected chi connectivity index (χ3v) is 2.50. The van der Waals surface area contributed by atoms with E-state index in [1.807, 2.05) is 6.92 Å². The Morgan fingerprint density at radius 1 is 1.28 bits per heavy atom. The summed E-state index contributed by atoms with van der Waals surface area (Å²) in [6, 6.07) is -1.85. The number of carbonyl (C=O) groups is 3. The van der Waals surface area contributed by atoms with Gasteiger partial charge in [-0.1, -0.05) is 19.8 Å². The predicted octanol–water partition coefficient (Wildman–Crippen LogP) is -0.661. The van der Waals surface area contributed by atoms with Crippen molar-refractivity contribution in [1.82, 2.24) is 5.32 Å². The van der Waals surface area contributed by atoms with Crippen LogP contribution in [-0.4, -0.2) is 35.0 Å². The molecule has 0 unspecified atom stereocenters. The molecule has 7 heteroatoms. The van der Waals surface area contributed by atoms with E-state index in [1.54, 1.807) is 0 Å². The highest BCUT2D eigenvalue weighted by molar-refractivity contribution is 5.87. The second kappa shape index (κ2) is 8.46. The lowest BCUT2D eigenvalue weighted by atomic mass is 10.1. The molecule has 0 saturated carbocycles. The van der Waals surface area contributed by atoms with Crippen LogP contribution in [0, 0.1) is 0 Å². The monoisotopic (exact) mass is 259 g/mol. The molecule has 0 aromatic carbocycles. The number of hydrogen-bond acceptors (Lipinski definition) is 4. The molecule has 0 aliphatic carbocycles. The summed E-state index contributed by atoms with van der Waals surface area (Å²) in [5, 5.41) is 11.3. The zero-order chi connectivity index (χ0) is 14.1. The van der Waals surface area contributed by atoms with E-state index in [0.717, 1.165) is 6.42 Å². The summed E-state index contributed by atoms with van der Waals surface area (Å²) >= 11 is 0. The Bertz CT molecular complexity index is 307. The van der Waals surface area contributed by atoms with Crippen LogP contribution in [0.5, 0.6) is 0 Å². The average molecular weight is 259 g/mol. The molecule has 6 N–H and O–H groups in total. The number of primary amides is 1. The summed E-state index contributed by atoms with van der Waals surface area (Å²) in [4.78, 5) is 33.0. The van der Waals surface area contributed by atoms with Gasteiger partial charge in [0.15, 0.2) is 0 Å². The molecule has 0 radical (unpaired) electrons. The van der Waals surface area contributed by atoms with Crippen molar-refractivity contribution in [3.05, 3.63) is 0 Å². The van der Waals surface area contributed by atoms with Crippen molar-refractivity contribution in [1.29, 1.82) is 0 Å². The second-order valence-electron chi connectivity index (χ2n) is 4.15. The lowest BCUT2D eigenvalue weighted by molar-refractivity contribution is -0.142. The molecule has 104 valence electrons. The lowest BCUT2D eigenvalue weighted by Crippen LogP contribution is -2.48. The molecule has 0 aliphatic heterocycles. The molecule has 0 rings (SSSR count). The first-order valence-corrected chi connectivity index (χ1v) is 5.95. The number of aliphatic carboxylic acids is 1. The number of hydrogen-bond donors (Lipinski definition) is 4. The van der Waals surface area contributed by atoms with Gasteiger partial charge >= 0.3 is 5.97 Å². The third kappa shape index (κ3) is 6.85. The fourth-order valence-corrected chi connectivity index (χ4v) is 1.37. The molecule has 7 nitrogen and oxygen atoms in total. The van der Waals surface area contributed by atoms with Gasteiger partial charge in [-0.25, -0.2) is 4.79 Å². The number of rotatable bonds is 9. The van der Waals surface area contributed by atoms with E-state index in [2.05, 4.69) is 5.32 Å². The molecule has 2 amide bonds. The minimum absolute atomic E-state index is 0.00127. The zero-order valence-electron chi connectivity index (χ0n) is 10.5.